The first-order valence-electron chi connectivity index (χ1n) is 8.54. The first-order valence-corrected chi connectivity index (χ1v) is 9.74. The molecule has 0 fully saturated rings. The number of carbonyl (C=O) groups excluding carboxylic acids is 1. The van der Waals surface area contributed by atoms with Gasteiger partial charge in [-0.3, -0.25) is 4.79 Å². The summed E-state index contributed by atoms with van der Waals surface area (Å²) in [5.41, 5.74) is 3.13. The fraction of sp³-hybridized carbons (Fsp3) is 0.150. The lowest BCUT2D eigenvalue weighted by molar-refractivity contribution is 0.102. The van der Waals surface area contributed by atoms with Crippen LogP contribution in [0.3, 0.4) is 0 Å². The lowest BCUT2D eigenvalue weighted by Crippen LogP contribution is -2.15. The van der Waals surface area contributed by atoms with Gasteiger partial charge in [-0.2, -0.15) is 9.78 Å². The number of aromatic nitrogens is 3. The summed E-state index contributed by atoms with van der Waals surface area (Å²) < 4.78 is 7.72. The lowest BCUT2D eigenvalue weighted by Gasteiger charge is -2.07. The Morgan fingerprint density at radius 1 is 1.21 bits per heavy atom. The number of benzene rings is 2. The summed E-state index contributed by atoms with van der Waals surface area (Å²) in [6.45, 7) is 3.85. The molecule has 2 aromatic carbocycles. The Morgan fingerprint density at radius 2 is 2.04 bits per heavy atom. The third-order valence-corrected chi connectivity index (χ3v) is 5.76. The van der Waals surface area contributed by atoms with E-state index in [1.54, 1.807) is 42.1 Å². The van der Waals surface area contributed by atoms with Gasteiger partial charge >= 0.3 is 0 Å². The zero-order valence-electron chi connectivity index (χ0n) is 15.5. The van der Waals surface area contributed by atoms with E-state index in [1.807, 2.05) is 26.0 Å². The van der Waals surface area contributed by atoms with Gasteiger partial charge in [-0.25, -0.2) is 4.98 Å². The Balaban J connectivity index is 1.72. The van der Waals surface area contributed by atoms with Gasteiger partial charge in [0.05, 0.1) is 28.0 Å². The van der Waals surface area contributed by atoms with E-state index in [0.29, 0.717) is 27.3 Å². The van der Waals surface area contributed by atoms with E-state index in [1.165, 1.54) is 11.3 Å². The van der Waals surface area contributed by atoms with Crippen molar-refractivity contribution in [2.75, 3.05) is 12.4 Å². The molecule has 2 heterocycles. The molecule has 0 atom stereocenters. The van der Waals surface area contributed by atoms with Crippen LogP contribution >= 0.6 is 22.9 Å². The third kappa shape index (κ3) is 3.34. The summed E-state index contributed by atoms with van der Waals surface area (Å²) >= 11 is 7.76. The molecule has 1 amide bonds. The summed E-state index contributed by atoms with van der Waals surface area (Å²) in [6, 6.07) is 12.6. The lowest BCUT2D eigenvalue weighted by atomic mass is 10.2. The maximum atomic E-state index is 12.7. The van der Waals surface area contributed by atoms with Gasteiger partial charge in [0.1, 0.15) is 11.6 Å². The second-order valence-electron chi connectivity index (χ2n) is 6.31. The second kappa shape index (κ2) is 7.26. The summed E-state index contributed by atoms with van der Waals surface area (Å²) in [5.74, 6) is 0.905. The monoisotopic (exact) mass is 412 g/mol. The molecule has 0 radical (unpaired) electrons. The Morgan fingerprint density at radius 3 is 2.79 bits per heavy atom. The van der Waals surface area contributed by atoms with Crippen LogP contribution in [0.5, 0.6) is 5.75 Å². The number of thiazole rings is 1. The topological polar surface area (TPSA) is 69.0 Å². The smallest absolute Gasteiger partial charge is 0.256 e. The van der Waals surface area contributed by atoms with Crippen LogP contribution in [0.4, 0.5) is 5.82 Å². The normalized spacial score (nSPS) is 11.0. The predicted molar refractivity (Wildman–Crippen MR) is 112 cm³/mol. The van der Waals surface area contributed by atoms with Crippen molar-refractivity contribution in [2.24, 2.45) is 0 Å². The van der Waals surface area contributed by atoms with Crippen molar-refractivity contribution in [3.8, 4) is 10.9 Å². The van der Waals surface area contributed by atoms with Crippen molar-refractivity contribution < 1.29 is 9.53 Å². The number of nitrogens with one attached hydrogen (secondary N) is 1. The second-order valence-corrected chi connectivity index (χ2v) is 7.69. The Bertz CT molecular complexity index is 1160. The van der Waals surface area contributed by atoms with Crippen LogP contribution in [0, 0.1) is 13.8 Å². The highest BCUT2D eigenvalue weighted by Gasteiger charge is 2.17. The molecule has 0 unspecified atom stereocenters. The first kappa shape index (κ1) is 18.5. The number of halogens is 1. The van der Waals surface area contributed by atoms with Crippen LogP contribution in [0.25, 0.3) is 15.3 Å². The largest absolute Gasteiger partial charge is 0.497 e. The Hall–Kier alpha value is -2.90. The standard InChI is InChI=1S/C20H17ClN4O2S/c1-11-7-8-15(21)18-17(11)23-20(28-18)25-16(9-12(2)24-25)22-19(26)13-5-4-6-14(10-13)27-3/h4-10H,1-3H3,(H,22,26). The SMILES string of the molecule is COc1cccc(C(=O)Nc2cc(C)nn2-c2nc3c(C)ccc(Cl)c3s2)c1. The molecule has 0 aliphatic rings. The van der Waals surface area contributed by atoms with Crippen molar-refractivity contribution in [1.29, 1.82) is 0 Å². The number of carbonyl (C=O) groups is 1. The molecule has 0 saturated heterocycles. The summed E-state index contributed by atoms with van der Waals surface area (Å²) in [5, 5.41) is 8.70. The number of amides is 1. The summed E-state index contributed by atoms with van der Waals surface area (Å²) in [6.07, 6.45) is 0. The number of fused-ring (bicyclic) bond motifs is 1. The molecule has 8 heteroatoms. The number of nitrogens with zero attached hydrogens (tertiary/aromatic N) is 3. The minimum Gasteiger partial charge on any atom is -0.497 e. The van der Waals surface area contributed by atoms with E-state index in [-0.39, 0.29) is 5.91 Å². The van der Waals surface area contributed by atoms with Crippen LogP contribution in [-0.2, 0) is 0 Å². The van der Waals surface area contributed by atoms with Crippen LogP contribution in [-0.4, -0.2) is 27.8 Å². The van der Waals surface area contributed by atoms with Crippen LogP contribution in [0.2, 0.25) is 5.02 Å². The molecule has 4 aromatic rings. The Kier molecular flexibility index (Phi) is 4.78. The van der Waals surface area contributed by atoms with E-state index < -0.39 is 0 Å². The highest BCUT2D eigenvalue weighted by Crippen LogP contribution is 2.34. The molecule has 2 aromatic heterocycles. The average molecular weight is 413 g/mol. The van der Waals surface area contributed by atoms with E-state index in [4.69, 9.17) is 16.3 Å². The van der Waals surface area contributed by atoms with E-state index in [0.717, 1.165) is 21.5 Å². The number of anilines is 1. The third-order valence-electron chi connectivity index (χ3n) is 4.27. The molecule has 0 spiro atoms. The minimum atomic E-state index is -0.254. The van der Waals surface area contributed by atoms with Gasteiger partial charge in [-0.1, -0.05) is 35.1 Å². The van der Waals surface area contributed by atoms with Crippen LogP contribution in [0.15, 0.2) is 42.5 Å². The zero-order chi connectivity index (χ0) is 19.8. The quantitative estimate of drug-likeness (QED) is 0.511. The van der Waals surface area contributed by atoms with Gasteiger partial charge in [-0.15, -0.1) is 0 Å². The fourth-order valence-electron chi connectivity index (χ4n) is 2.87. The molecule has 0 aliphatic heterocycles. The summed E-state index contributed by atoms with van der Waals surface area (Å²) in [7, 11) is 1.57. The zero-order valence-corrected chi connectivity index (χ0v) is 17.1. The average Bonchev–Trinajstić information content (AvgIpc) is 3.29. The molecule has 1 N–H and O–H groups in total. The highest BCUT2D eigenvalue weighted by atomic mass is 35.5. The predicted octanol–water partition coefficient (Wildman–Crippen LogP) is 5.01. The molecule has 0 aliphatic carbocycles. The number of rotatable bonds is 4. The number of ether oxygens (including phenoxy) is 1. The van der Waals surface area contributed by atoms with E-state index in [9.17, 15) is 4.79 Å². The molecule has 0 bridgehead atoms. The molecule has 28 heavy (non-hydrogen) atoms. The fourth-order valence-corrected chi connectivity index (χ4v) is 4.15. The van der Waals surface area contributed by atoms with Crippen molar-refractivity contribution in [1.82, 2.24) is 14.8 Å². The first-order chi connectivity index (χ1) is 13.5. The van der Waals surface area contributed by atoms with Crippen molar-refractivity contribution >= 4 is 44.9 Å². The number of methoxy groups -OCH3 is 1. The van der Waals surface area contributed by atoms with Crippen LogP contribution < -0.4 is 10.1 Å². The highest BCUT2D eigenvalue weighted by molar-refractivity contribution is 7.21. The van der Waals surface area contributed by atoms with Crippen molar-refractivity contribution in [2.45, 2.75) is 13.8 Å². The van der Waals surface area contributed by atoms with Gasteiger partial charge in [0.2, 0.25) is 5.13 Å². The maximum Gasteiger partial charge on any atom is 0.256 e. The number of hydrogen-bond acceptors (Lipinski definition) is 5. The van der Waals surface area contributed by atoms with Gasteiger partial charge in [0.25, 0.3) is 5.91 Å². The molecule has 4 rings (SSSR count). The summed E-state index contributed by atoms with van der Waals surface area (Å²) in [4.78, 5) is 17.4. The van der Waals surface area contributed by atoms with Crippen molar-refractivity contribution in [3.05, 3.63) is 64.3 Å². The van der Waals surface area contributed by atoms with Gasteiger partial charge in [0, 0.05) is 11.6 Å². The molecule has 6 nitrogen and oxygen atoms in total. The molecule has 142 valence electrons. The number of hydrogen-bond donors (Lipinski definition) is 1. The van der Waals surface area contributed by atoms with E-state index in [2.05, 4.69) is 15.4 Å². The Labute approximate surface area is 170 Å². The van der Waals surface area contributed by atoms with Gasteiger partial charge < -0.3 is 10.1 Å². The maximum absolute atomic E-state index is 12.7. The number of aryl methyl sites for hydroxylation is 2. The molecular weight excluding hydrogens is 396 g/mol. The van der Waals surface area contributed by atoms with Gasteiger partial charge in [0.15, 0.2) is 0 Å². The van der Waals surface area contributed by atoms with Crippen LogP contribution in [0.1, 0.15) is 21.6 Å². The van der Waals surface area contributed by atoms with E-state index >= 15 is 0 Å². The minimum absolute atomic E-state index is 0.254. The van der Waals surface area contributed by atoms with Crippen molar-refractivity contribution in [3.63, 3.8) is 0 Å². The molecular formula is C20H17ClN4O2S. The molecule has 0 saturated carbocycles. The van der Waals surface area contributed by atoms with Gasteiger partial charge in [-0.05, 0) is 43.7 Å².